The summed E-state index contributed by atoms with van der Waals surface area (Å²) in [5.74, 6) is 0.837. The molecule has 0 aromatic heterocycles. The minimum Gasteiger partial charge on any atom is -0.303 e. The molecule has 0 amide bonds. The molecule has 92 valence electrons. The van der Waals surface area contributed by atoms with Crippen molar-refractivity contribution in [2.45, 2.75) is 44.3 Å². The van der Waals surface area contributed by atoms with Gasteiger partial charge in [-0.25, -0.2) is 0 Å². The molecule has 0 aliphatic carbocycles. The monoisotopic (exact) mass is 240 g/mol. The third-order valence-electron chi connectivity index (χ3n) is 3.93. The first kappa shape index (κ1) is 13.9. The number of piperidine rings is 1. The van der Waals surface area contributed by atoms with Crippen LogP contribution in [-0.2, 0) is 0 Å². The van der Waals surface area contributed by atoms with Crippen LogP contribution in [0.25, 0.3) is 0 Å². The van der Waals surface area contributed by atoms with Gasteiger partial charge in [-0.1, -0.05) is 26.7 Å². The molecule has 1 saturated heterocycles. The topological polar surface area (TPSA) is 27.0 Å². The second kappa shape index (κ2) is 6.51. The standard InChI is InChI=1S/C13H24N2S/c1-4-12(5-2)10-15-8-6-13(11-14,16-3)7-9-15/h12H,4-10H2,1-3H3. The van der Waals surface area contributed by atoms with E-state index in [1.54, 1.807) is 11.8 Å². The first-order valence-electron chi connectivity index (χ1n) is 6.38. The largest absolute Gasteiger partial charge is 0.303 e. The number of nitrogens with zero attached hydrogens (tertiary/aromatic N) is 2. The number of nitriles is 1. The average molecular weight is 240 g/mol. The summed E-state index contributed by atoms with van der Waals surface area (Å²) in [6, 6.07) is 2.51. The molecule has 0 bridgehead atoms. The summed E-state index contributed by atoms with van der Waals surface area (Å²) < 4.78 is -0.0928. The summed E-state index contributed by atoms with van der Waals surface area (Å²) in [5.41, 5.74) is 0. The highest BCUT2D eigenvalue weighted by molar-refractivity contribution is 8.00. The van der Waals surface area contributed by atoms with Gasteiger partial charge < -0.3 is 4.90 Å². The molecule has 0 N–H and O–H groups in total. The van der Waals surface area contributed by atoms with E-state index in [-0.39, 0.29) is 4.75 Å². The third kappa shape index (κ3) is 3.40. The zero-order valence-corrected chi connectivity index (χ0v) is 11.6. The van der Waals surface area contributed by atoms with Crippen molar-refractivity contribution in [1.82, 2.24) is 4.90 Å². The highest BCUT2D eigenvalue weighted by Crippen LogP contribution is 2.34. The van der Waals surface area contributed by atoms with Crippen LogP contribution < -0.4 is 0 Å². The van der Waals surface area contributed by atoms with Crippen LogP contribution in [0.5, 0.6) is 0 Å². The molecule has 0 atom stereocenters. The van der Waals surface area contributed by atoms with Crippen LogP contribution in [0.2, 0.25) is 0 Å². The summed E-state index contributed by atoms with van der Waals surface area (Å²) in [6.07, 6.45) is 6.69. The Bertz CT molecular complexity index is 235. The van der Waals surface area contributed by atoms with E-state index in [1.807, 2.05) is 0 Å². The first-order valence-corrected chi connectivity index (χ1v) is 7.61. The zero-order valence-electron chi connectivity index (χ0n) is 10.8. The smallest absolute Gasteiger partial charge is 0.104 e. The van der Waals surface area contributed by atoms with Gasteiger partial charge in [0.1, 0.15) is 4.75 Å². The first-order chi connectivity index (χ1) is 7.69. The third-order valence-corrected chi connectivity index (χ3v) is 5.21. The fourth-order valence-corrected chi connectivity index (χ4v) is 3.05. The Morgan fingerprint density at radius 2 is 1.88 bits per heavy atom. The van der Waals surface area contributed by atoms with Gasteiger partial charge in [0.15, 0.2) is 0 Å². The molecule has 1 fully saturated rings. The Hall–Kier alpha value is -0.200. The maximum atomic E-state index is 9.21. The Kier molecular flexibility index (Phi) is 5.64. The van der Waals surface area contributed by atoms with Crippen molar-refractivity contribution < 1.29 is 0 Å². The quantitative estimate of drug-likeness (QED) is 0.738. The predicted molar refractivity (Wildman–Crippen MR) is 71.6 cm³/mol. The Labute approximate surface area is 104 Å². The Balaban J connectivity index is 2.40. The Morgan fingerprint density at radius 1 is 1.31 bits per heavy atom. The molecule has 0 spiro atoms. The maximum Gasteiger partial charge on any atom is 0.104 e. The van der Waals surface area contributed by atoms with E-state index in [2.05, 4.69) is 31.1 Å². The number of likely N-dealkylation sites (tertiary alicyclic amines) is 1. The lowest BCUT2D eigenvalue weighted by Gasteiger charge is -2.37. The van der Waals surface area contributed by atoms with Crippen molar-refractivity contribution >= 4 is 11.8 Å². The van der Waals surface area contributed by atoms with Crippen LogP contribution in [0.15, 0.2) is 0 Å². The molecule has 0 radical (unpaired) electrons. The highest BCUT2D eigenvalue weighted by atomic mass is 32.2. The molecule has 1 rings (SSSR count). The second-order valence-corrected chi connectivity index (χ2v) is 5.98. The van der Waals surface area contributed by atoms with Crippen LogP contribution in [0.1, 0.15) is 39.5 Å². The van der Waals surface area contributed by atoms with Gasteiger partial charge >= 0.3 is 0 Å². The molecular weight excluding hydrogens is 216 g/mol. The van der Waals surface area contributed by atoms with Gasteiger partial charge in [-0.3, -0.25) is 0 Å². The minimum absolute atomic E-state index is 0.0928. The Morgan fingerprint density at radius 3 is 2.25 bits per heavy atom. The second-order valence-electron chi connectivity index (χ2n) is 4.79. The van der Waals surface area contributed by atoms with E-state index in [1.165, 1.54) is 19.4 Å². The average Bonchev–Trinajstić information content (AvgIpc) is 2.37. The maximum absolute atomic E-state index is 9.21. The predicted octanol–water partition coefficient (Wildman–Crippen LogP) is 3.14. The van der Waals surface area contributed by atoms with Crippen molar-refractivity contribution in [3.8, 4) is 6.07 Å². The minimum atomic E-state index is -0.0928. The molecule has 1 aliphatic rings. The van der Waals surface area contributed by atoms with Crippen LogP contribution in [-0.4, -0.2) is 35.5 Å². The number of rotatable bonds is 5. The normalized spacial score (nSPS) is 20.9. The lowest BCUT2D eigenvalue weighted by Crippen LogP contribution is -2.43. The summed E-state index contributed by atoms with van der Waals surface area (Å²) >= 11 is 1.74. The van der Waals surface area contributed by atoms with Gasteiger partial charge in [-0.15, -0.1) is 11.8 Å². The molecule has 3 heteroatoms. The fourth-order valence-electron chi connectivity index (χ4n) is 2.37. The van der Waals surface area contributed by atoms with Gasteiger partial charge in [-0.05, 0) is 25.0 Å². The van der Waals surface area contributed by atoms with E-state index < -0.39 is 0 Å². The van der Waals surface area contributed by atoms with E-state index >= 15 is 0 Å². The van der Waals surface area contributed by atoms with E-state index in [4.69, 9.17) is 0 Å². The highest BCUT2D eigenvalue weighted by Gasteiger charge is 2.34. The summed E-state index contributed by atoms with van der Waals surface area (Å²) in [7, 11) is 0. The van der Waals surface area contributed by atoms with Crippen molar-refractivity contribution in [3.63, 3.8) is 0 Å². The van der Waals surface area contributed by atoms with Crippen molar-refractivity contribution in [2.24, 2.45) is 5.92 Å². The molecule has 0 unspecified atom stereocenters. The van der Waals surface area contributed by atoms with Crippen molar-refractivity contribution in [1.29, 1.82) is 5.26 Å². The van der Waals surface area contributed by atoms with Gasteiger partial charge in [0.25, 0.3) is 0 Å². The molecule has 0 aromatic rings. The number of hydrogen-bond donors (Lipinski definition) is 0. The van der Waals surface area contributed by atoms with Crippen LogP contribution in [0.3, 0.4) is 0 Å². The molecule has 1 aliphatic heterocycles. The fraction of sp³-hybridized carbons (Fsp3) is 0.923. The lowest BCUT2D eigenvalue weighted by molar-refractivity contribution is 0.182. The van der Waals surface area contributed by atoms with Crippen molar-refractivity contribution in [3.05, 3.63) is 0 Å². The SMILES string of the molecule is CCC(CC)CN1CCC(C#N)(SC)CC1. The molecule has 1 heterocycles. The summed E-state index contributed by atoms with van der Waals surface area (Å²) in [5, 5.41) is 9.21. The molecular formula is C13H24N2S. The van der Waals surface area contributed by atoms with Gasteiger partial charge in [0, 0.05) is 19.6 Å². The van der Waals surface area contributed by atoms with Gasteiger partial charge in [0.05, 0.1) is 6.07 Å². The van der Waals surface area contributed by atoms with Gasteiger partial charge in [-0.2, -0.15) is 5.26 Å². The molecule has 16 heavy (non-hydrogen) atoms. The number of hydrogen-bond acceptors (Lipinski definition) is 3. The van der Waals surface area contributed by atoms with Crippen molar-refractivity contribution in [2.75, 3.05) is 25.9 Å². The zero-order chi connectivity index (χ0) is 12.0. The molecule has 0 aromatic carbocycles. The summed E-state index contributed by atoms with van der Waals surface area (Å²) in [6.45, 7) is 7.98. The van der Waals surface area contributed by atoms with E-state index in [0.717, 1.165) is 31.8 Å². The van der Waals surface area contributed by atoms with Gasteiger partial charge in [0.2, 0.25) is 0 Å². The van der Waals surface area contributed by atoms with Crippen LogP contribution in [0, 0.1) is 17.2 Å². The number of thioether (sulfide) groups is 1. The lowest BCUT2D eigenvalue weighted by atomic mass is 9.95. The summed E-state index contributed by atoms with van der Waals surface area (Å²) in [4.78, 5) is 2.55. The molecule has 0 saturated carbocycles. The van der Waals surface area contributed by atoms with Crippen LogP contribution >= 0.6 is 11.8 Å². The van der Waals surface area contributed by atoms with E-state index in [0.29, 0.717) is 0 Å². The van der Waals surface area contributed by atoms with E-state index in [9.17, 15) is 5.26 Å². The van der Waals surface area contributed by atoms with Crippen LogP contribution in [0.4, 0.5) is 0 Å². The molecule has 2 nitrogen and oxygen atoms in total.